The van der Waals surface area contributed by atoms with Gasteiger partial charge in [0.05, 0.1) is 11.5 Å². The fourth-order valence-electron chi connectivity index (χ4n) is 2.79. The number of hydrogen-bond acceptors (Lipinski definition) is 3. The third-order valence-corrected chi connectivity index (χ3v) is 5.44. The fourth-order valence-corrected chi connectivity index (χ4v) is 4.88. The molecule has 1 aliphatic rings. The first kappa shape index (κ1) is 15.0. The first-order valence-corrected chi connectivity index (χ1v) is 8.83. The van der Waals surface area contributed by atoms with E-state index in [1.54, 1.807) is 0 Å². The normalized spacial score (nSPS) is 19.6. The molecule has 4 heteroatoms. The van der Waals surface area contributed by atoms with Gasteiger partial charge in [0.15, 0.2) is 9.84 Å². The summed E-state index contributed by atoms with van der Waals surface area (Å²) < 4.78 is 24.2. The second-order valence-electron chi connectivity index (χ2n) is 5.27. The van der Waals surface area contributed by atoms with Gasteiger partial charge in [0.2, 0.25) is 0 Å². The van der Waals surface area contributed by atoms with Crippen LogP contribution in [0.3, 0.4) is 0 Å². The molecule has 102 valence electrons. The average molecular weight is 261 g/mol. The largest absolute Gasteiger partial charge is 0.313 e. The Morgan fingerprint density at radius 2 is 1.88 bits per heavy atom. The number of sulfone groups is 1. The van der Waals surface area contributed by atoms with Gasteiger partial charge in [-0.3, -0.25) is 0 Å². The van der Waals surface area contributed by atoms with E-state index in [2.05, 4.69) is 12.2 Å². The van der Waals surface area contributed by atoms with Gasteiger partial charge >= 0.3 is 0 Å². The van der Waals surface area contributed by atoms with Crippen LogP contribution < -0.4 is 5.32 Å². The van der Waals surface area contributed by atoms with E-state index in [4.69, 9.17) is 0 Å². The molecule has 1 unspecified atom stereocenters. The predicted octanol–water partition coefficient (Wildman–Crippen LogP) is 2.37. The molecule has 1 atom stereocenters. The SMILES string of the molecule is CCCC(CS(=O)(=O)CC1CCCC1)NCC. The van der Waals surface area contributed by atoms with Crippen molar-refractivity contribution >= 4 is 9.84 Å². The Bertz CT molecular complexity index is 289. The van der Waals surface area contributed by atoms with Crippen LogP contribution in [0.15, 0.2) is 0 Å². The molecule has 0 aromatic rings. The number of hydrogen-bond donors (Lipinski definition) is 1. The smallest absolute Gasteiger partial charge is 0.152 e. The Labute approximate surface area is 106 Å². The van der Waals surface area contributed by atoms with Crippen molar-refractivity contribution in [3.8, 4) is 0 Å². The van der Waals surface area contributed by atoms with Gasteiger partial charge in [0.1, 0.15) is 0 Å². The molecule has 1 N–H and O–H groups in total. The zero-order valence-corrected chi connectivity index (χ0v) is 12.1. The molecule has 0 heterocycles. The van der Waals surface area contributed by atoms with E-state index < -0.39 is 9.84 Å². The molecule has 0 bridgehead atoms. The minimum absolute atomic E-state index is 0.149. The van der Waals surface area contributed by atoms with Crippen LogP contribution in [0.2, 0.25) is 0 Å². The molecule has 1 saturated carbocycles. The highest BCUT2D eigenvalue weighted by Crippen LogP contribution is 2.26. The van der Waals surface area contributed by atoms with E-state index in [0.29, 0.717) is 17.4 Å². The summed E-state index contributed by atoms with van der Waals surface area (Å²) in [6.45, 7) is 4.99. The van der Waals surface area contributed by atoms with E-state index in [1.165, 1.54) is 12.8 Å². The highest BCUT2D eigenvalue weighted by molar-refractivity contribution is 7.91. The lowest BCUT2D eigenvalue weighted by Gasteiger charge is -2.18. The standard InChI is InChI=1S/C13H27NO2S/c1-3-7-13(14-4-2)11-17(15,16)10-12-8-5-6-9-12/h12-14H,3-11H2,1-2H3. The number of rotatable bonds is 8. The molecule has 0 radical (unpaired) electrons. The average Bonchev–Trinajstić information content (AvgIpc) is 2.69. The van der Waals surface area contributed by atoms with Crippen molar-refractivity contribution in [3.05, 3.63) is 0 Å². The minimum Gasteiger partial charge on any atom is -0.313 e. The highest BCUT2D eigenvalue weighted by Gasteiger charge is 2.24. The maximum atomic E-state index is 12.1. The van der Waals surface area contributed by atoms with Crippen LogP contribution in [0, 0.1) is 5.92 Å². The summed E-state index contributed by atoms with van der Waals surface area (Å²) >= 11 is 0. The summed E-state index contributed by atoms with van der Waals surface area (Å²) in [6, 6.07) is 0.149. The van der Waals surface area contributed by atoms with Crippen molar-refractivity contribution in [3.63, 3.8) is 0 Å². The van der Waals surface area contributed by atoms with Crippen molar-refractivity contribution in [2.75, 3.05) is 18.1 Å². The van der Waals surface area contributed by atoms with Crippen LogP contribution in [0.1, 0.15) is 52.4 Å². The summed E-state index contributed by atoms with van der Waals surface area (Å²) in [4.78, 5) is 0. The quantitative estimate of drug-likeness (QED) is 0.729. The summed E-state index contributed by atoms with van der Waals surface area (Å²) in [7, 11) is -2.87. The topological polar surface area (TPSA) is 46.2 Å². The van der Waals surface area contributed by atoms with Gasteiger partial charge in [-0.15, -0.1) is 0 Å². The molecule has 1 aliphatic carbocycles. The molecule has 3 nitrogen and oxygen atoms in total. The zero-order chi connectivity index (χ0) is 12.7. The fraction of sp³-hybridized carbons (Fsp3) is 1.00. The van der Waals surface area contributed by atoms with Crippen LogP contribution in [-0.4, -0.2) is 32.5 Å². The van der Waals surface area contributed by atoms with Crippen LogP contribution >= 0.6 is 0 Å². The lowest BCUT2D eigenvalue weighted by Crippen LogP contribution is -2.37. The van der Waals surface area contributed by atoms with Gasteiger partial charge in [-0.1, -0.05) is 33.1 Å². The Balaban J connectivity index is 2.44. The predicted molar refractivity (Wildman–Crippen MR) is 73.0 cm³/mol. The molecular formula is C13H27NO2S. The van der Waals surface area contributed by atoms with E-state index in [-0.39, 0.29) is 6.04 Å². The summed E-state index contributed by atoms with van der Waals surface area (Å²) in [5.41, 5.74) is 0. The maximum absolute atomic E-state index is 12.1. The molecule has 0 aromatic carbocycles. The Morgan fingerprint density at radius 1 is 1.24 bits per heavy atom. The molecule has 0 aromatic heterocycles. The molecule has 0 amide bonds. The van der Waals surface area contributed by atoms with Crippen molar-refractivity contribution in [1.82, 2.24) is 5.32 Å². The molecule has 0 saturated heterocycles. The van der Waals surface area contributed by atoms with Gasteiger partial charge in [0, 0.05) is 6.04 Å². The van der Waals surface area contributed by atoms with Crippen molar-refractivity contribution in [2.24, 2.45) is 5.92 Å². The van der Waals surface area contributed by atoms with Crippen LogP contribution in [0.4, 0.5) is 0 Å². The third kappa shape index (κ3) is 5.87. The van der Waals surface area contributed by atoms with Gasteiger partial charge in [-0.05, 0) is 31.7 Å². The molecule has 0 aliphatic heterocycles. The highest BCUT2D eigenvalue weighted by atomic mass is 32.2. The molecule has 0 spiro atoms. The first-order chi connectivity index (χ1) is 8.07. The molecular weight excluding hydrogens is 234 g/mol. The van der Waals surface area contributed by atoms with Gasteiger partial charge < -0.3 is 5.32 Å². The Morgan fingerprint density at radius 3 is 2.41 bits per heavy atom. The van der Waals surface area contributed by atoms with Crippen molar-refractivity contribution in [1.29, 1.82) is 0 Å². The van der Waals surface area contributed by atoms with Crippen molar-refractivity contribution in [2.45, 2.75) is 58.4 Å². The maximum Gasteiger partial charge on any atom is 0.152 e. The second kappa shape index (κ2) is 7.37. The summed E-state index contributed by atoms with van der Waals surface area (Å²) in [5.74, 6) is 1.17. The van der Waals surface area contributed by atoms with E-state index >= 15 is 0 Å². The van der Waals surface area contributed by atoms with Gasteiger partial charge in [0.25, 0.3) is 0 Å². The van der Waals surface area contributed by atoms with Gasteiger partial charge in [-0.2, -0.15) is 0 Å². The monoisotopic (exact) mass is 261 g/mol. The van der Waals surface area contributed by atoms with Gasteiger partial charge in [-0.25, -0.2) is 8.42 Å². The lowest BCUT2D eigenvalue weighted by atomic mass is 10.1. The minimum atomic E-state index is -2.87. The van der Waals surface area contributed by atoms with Crippen LogP contribution in [0.25, 0.3) is 0 Å². The van der Waals surface area contributed by atoms with Crippen LogP contribution in [-0.2, 0) is 9.84 Å². The molecule has 1 fully saturated rings. The second-order valence-corrected chi connectivity index (χ2v) is 7.42. The Kier molecular flexibility index (Phi) is 6.49. The third-order valence-electron chi connectivity index (χ3n) is 3.55. The Hall–Kier alpha value is -0.0900. The summed E-state index contributed by atoms with van der Waals surface area (Å²) in [6.07, 6.45) is 6.64. The number of nitrogens with one attached hydrogen (secondary N) is 1. The molecule has 1 rings (SSSR count). The zero-order valence-electron chi connectivity index (χ0n) is 11.2. The lowest BCUT2D eigenvalue weighted by molar-refractivity contribution is 0.505. The van der Waals surface area contributed by atoms with E-state index in [9.17, 15) is 8.42 Å². The van der Waals surface area contributed by atoms with E-state index in [0.717, 1.165) is 32.2 Å². The van der Waals surface area contributed by atoms with Crippen molar-refractivity contribution < 1.29 is 8.42 Å². The molecule has 17 heavy (non-hydrogen) atoms. The first-order valence-electron chi connectivity index (χ1n) is 7.01. The van der Waals surface area contributed by atoms with Crippen LogP contribution in [0.5, 0.6) is 0 Å². The van der Waals surface area contributed by atoms with E-state index in [1.807, 2.05) is 6.92 Å². The summed E-state index contributed by atoms with van der Waals surface area (Å²) in [5, 5.41) is 3.29.